The molecule has 27 rings (SSSR count). The molecule has 8 heteroatoms. The van der Waals surface area contributed by atoms with Crippen LogP contribution in [0, 0.1) is 0 Å². The van der Waals surface area contributed by atoms with Crippen molar-refractivity contribution in [3.63, 3.8) is 0 Å². The maximum atomic E-state index is 5.48. The third kappa shape index (κ3) is 10.8. The van der Waals surface area contributed by atoms with E-state index in [0.29, 0.717) is 5.82 Å². The van der Waals surface area contributed by atoms with Crippen molar-refractivity contribution in [2.24, 2.45) is 0 Å². The molecule has 0 saturated carbocycles. The van der Waals surface area contributed by atoms with Crippen LogP contribution in [0.4, 0.5) is 0 Å². The van der Waals surface area contributed by atoms with Gasteiger partial charge in [0.1, 0.15) is 0 Å². The van der Waals surface area contributed by atoms with Gasteiger partial charge in [-0.05, 0) is 216 Å². The number of hydrogen-bond acceptors (Lipinski definition) is 4. The Morgan fingerprint density at radius 3 is 1.14 bits per heavy atom. The molecule has 1 aliphatic rings. The van der Waals surface area contributed by atoms with Gasteiger partial charge in [-0.3, -0.25) is 0 Å². The van der Waals surface area contributed by atoms with Gasteiger partial charge >= 0.3 is 0 Å². The van der Waals surface area contributed by atoms with E-state index in [2.05, 4.69) is 445 Å². The van der Waals surface area contributed by atoms with Crippen molar-refractivity contribution in [3.8, 4) is 79.2 Å². The van der Waals surface area contributed by atoms with Crippen molar-refractivity contribution in [2.45, 2.75) is 19.3 Å². The predicted octanol–water partition coefficient (Wildman–Crippen LogP) is 30.4. The molecule has 6 heterocycles. The van der Waals surface area contributed by atoms with Gasteiger partial charge in [-0.1, -0.05) is 281 Å². The smallest absolute Gasteiger partial charge is 0.161 e. The van der Waals surface area contributed by atoms with Crippen LogP contribution < -0.4 is 0 Å². The van der Waals surface area contributed by atoms with Crippen LogP contribution >= 0.6 is 0 Å². The minimum absolute atomic E-state index is 0.116. The van der Waals surface area contributed by atoms with Crippen molar-refractivity contribution in [1.82, 2.24) is 38.2 Å². The van der Waals surface area contributed by atoms with Crippen LogP contribution in [0.2, 0.25) is 0 Å². The second-order valence-electron chi connectivity index (χ2n) is 34.0. The number of nitrogens with zero attached hydrogens (tertiary/aromatic N) is 8. The Balaban J connectivity index is 0.000000134. The molecule has 0 N–H and O–H groups in total. The van der Waals surface area contributed by atoms with Crippen LogP contribution in [0.25, 0.3) is 242 Å². The molecule has 125 heavy (non-hydrogen) atoms. The van der Waals surface area contributed by atoms with Crippen molar-refractivity contribution >= 4 is 163 Å². The highest BCUT2D eigenvalue weighted by Gasteiger charge is 2.36. The first-order chi connectivity index (χ1) is 61.7. The summed E-state index contributed by atoms with van der Waals surface area (Å²) in [6.07, 6.45) is 0. The van der Waals surface area contributed by atoms with Crippen molar-refractivity contribution in [3.05, 3.63) is 424 Å². The number of hydrogen-bond donors (Lipinski definition) is 0. The lowest BCUT2D eigenvalue weighted by Gasteiger charge is -2.22. The van der Waals surface area contributed by atoms with Crippen LogP contribution in [0.1, 0.15) is 25.0 Å². The largest absolute Gasteiger partial charge is 0.309 e. The molecule has 0 bridgehead atoms. The van der Waals surface area contributed by atoms with Crippen molar-refractivity contribution < 1.29 is 0 Å². The van der Waals surface area contributed by atoms with Gasteiger partial charge < -0.3 is 18.3 Å². The fourth-order valence-corrected chi connectivity index (χ4v) is 20.9. The van der Waals surface area contributed by atoms with E-state index in [4.69, 9.17) is 19.9 Å². The average Bonchev–Trinajstić information content (AvgIpc) is 1.59. The van der Waals surface area contributed by atoms with Gasteiger partial charge in [-0.2, -0.15) is 0 Å². The monoisotopic (exact) mass is 1590 g/mol. The van der Waals surface area contributed by atoms with Gasteiger partial charge in [-0.15, -0.1) is 0 Å². The molecule has 0 spiro atoms. The summed E-state index contributed by atoms with van der Waals surface area (Å²) >= 11 is 0. The number of rotatable bonds is 8. The predicted molar refractivity (Wildman–Crippen MR) is 523 cm³/mol. The summed E-state index contributed by atoms with van der Waals surface area (Å²) in [4.78, 5) is 21.2. The standard InChI is InChI=1S/C61H40N4.C56H34N4/c1-61(2)51-22-10-5-16-42(51)43-30-28-38(35-52(43)61)59-49-21-6-11-23-53(49)62-60(63-59)48-31-32-57(44-17-4-3-15-41(44)48)65-56-26-14-9-20-47(56)50-34-39-33-40(29-27-37(39)36-58(50)65)64-54-24-12-7-18-45(54)46-19-8-13-25-55(46)64;1-2-12-43-35(11-1)21-22-36-23-24-39(32-48(36)43)55-47-16-3-7-17-50(47)57-56(58-55)37-25-28-41(29-26-37)59-53-20-10-6-15-46(53)49-33-40-31-42(30-27-38(40)34-54(49)59)60-51-18-8-4-13-44(51)45-14-5-9-19-52(45)60/h3-36H,1-2H3;1-34H. The van der Waals surface area contributed by atoms with Gasteiger partial charge in [-0.25, -0.2) is 19.9 Å². The lowest BCUT2D eigenvalue weighted by molar-refractivity contribution is 0.660. The Labute approximate surface area is 718 Å². The maximum absolute atomic E-state index is 5.48. The quantitative estimate of drug-likeness (QED) is 0.142. The molecule has 0 amide bonds. The highest BCUT2D eigenvalue weighted by molar-refractivity contribution is 6.19. The SMILES string of the molecule is CC1(C)c2ccccc2-c2ccc(-c3nc(-c4ccc(-n5c6ccccc6c6cc7cc(-n8c9ccccc9c9ccccc98)ccc7cc65)c5ccccc45)nc4ccccc34)cc21.c1ccc2c(c1)ccc1ccc(-c3nc(-c4ccc(-n5c6ccccc6c6cc7cc(-n8c9ccccc9c9ccccc98)ccc7cc65)cc4)nc4ccccc34)cc12. The fourth-order valence-electron chi connectivity index (χ4n) is 20.9. The molecule has 0 saturated heterocycles. The van der Waals surface area contributed by atoms with Crippen LogP contribution in [0.15, 0.2) is 413 Å². The summed E-state index contributed by atoms with van der Waals surface area (Å²) in [5, 5.41) is 24.1. The summed E-state index contributed by atoms with van der Waals surface area (Å²) in [6, 6.07) is 150. The topological polar surface area (TPSA) is 71.3 Å². The Morgan fingerprint density at radius 2 is 0.568 bits per heavy atom. The van der Waals surface area contributed by atoms with E-state index >= 15 is 0 Å². The molecule has 0 fully saturated rings. The molecule has 0 atom stereocenters. The molecule has 0 aliphatic heterocycles. The maximum Gasteiger partial charge on any atom is 0.161 e. The zero-order valence-electron chi connectivity index (χ0n) is 68.3. The molecule has 8 nitrogen and oxygen atoms in total. The summed E-state index contributed by atoms with van der Waals surface area (Å²) in [5.41, 5.74) is 27.2. The summed E-state index contributed by atoms with van der Waals surface area (Å²) in [6.45, 7) is 4.67. The molecule has 1 aliphatic carbocycles. The third-order valence-corrected chi connectivity index (χ3v) is 26.8. The van der Waals surface area contributed by atoms with Crippen molar-refractivity contribution in [1.29, 1.82) is 0 Å². The summed E-state index contributed by atoms with van der Waals surface area (Å²) in [7, 11) is 0. The van der Waals surface area contributed by atoms with Crippen LogP contribution in [0.5, 0.6) is 0 Å². The van der Waals surface area contributed by atoms with Crippen LogP contribution in [-0.2, 0) is 5.41 Å². The first kappa shape index (κ1) is 70.4. The molecule has 0 unspecified atom stereocenters. The third-order valence-electron chi connectivity index (χ3n) is 26.8. The van der Waals surface area contributed by atoms with E-state index in [1.54, 1.807) is 0 Å². The molecule has 26 aromatic rings. The number of para-hydroxylation sites is 8. The van der Waals surface area contributed by atoms with E-state index in [1.165, 1.54) is 153 Å². The minimum atomic E-state index is -0.116. The Hall–Kier alpha value is -16.4. The highest BCUT2D eigenvalue weighted by Crippen LogP contribution is 2.51. The number of benzene rings is 20. The van der Waals surface area contributed by atoms with Gasteiger partial charge in [0.15, 0.2) is 11.6 Å². The summed E-state index contributed by atoms with van der Waals surface area (Å²) < 4.78 is 9.64. The second kappa shape index (κ2) is 27.3. The zero-order valence-corrected chi connectivity index (χ0v) is 68.3. The minimum Gasteiger partial charge on any atom is -0.309 e. The average molecular weight is 1590 g/mol. The lowest BCUT2D eigenvalue weighted by atomic mass is 9.82. The van der Waals surface area contributed by atoms with E-state index < -0.39 is 0 Å². The first-order valence-electron chi connectivity index (χ1n) is 43.0. The fraction of sp³-hybridized carbons (Fsp3) is 0.0256. The highest BCUT2D eigenvalue weighted by atomic mass is 15.0. The molecule has 6 aromatic heterocycles. The van der Waals surface area contributed by atoms with E-state index in [-0.39, 0.29) is 5.41 Å². The summed E-state index contributed by atoms with van der Waals surface area (Å²) in [5.74, 6) is 1.43. The Kier molecular flexibility index (Phi) is 15.4. The van der Waals surface area contributed by atoms with E-state index in [9.17, 15) is 0 Å². The second-order valence-corrected chi connectivity index (χ2v) is 34.0. The van der Waals surface area contributed by atoms with Gasteiger partial charge in [0.05, 0.1) is 72.2 Å². The van der Waals surface area contributed by atoms with Crippen molar-refractivity contribution in [2.75, 3.05) is 0 Å². The molecule has 582 valence electrons. The Morgan fingerprint density at radius 1 is 0.192 bits per heavy atom. The van der Waals surface area contributed by atoms with Gasteiger partial charge in [0, 0.05) is 104 Å². The molecule has 20 aromatic carbocycles. The number of aromatic nitrogens is 8. The molecule has 0 radical (unpaired) electrons. The van der Waals surface area contributed by atoms with Gasteiger partial charge in [0.2, 0.25) is 0 Å². The molecular weight excluding hydrogens is 1520 g/mol. The first-order valence-corrected chi connectivity index (χ1v) is 43.0. The number of fused-ring (bicyclic) bond motifs is 23. The van der Waals surface area contributed by atoms with Crippen LogP contribution in [0.3, 0.4) is 0 Å². The van der Waals surface area contributed by atoms with E-state index in [0.717, 1.165) is 94.8 Å². The normalized spacial score (nSPS) is 12.6. The molecular formula is C117H74N8. The van der Waals surface area contributed by atoms with E-state index in [1.807, 2.05) is 0 Å². The lowest BCUT2D eigenvalue weighted by Crippen LogP contribution is -2.15. The zero-order chi connectivity index (χ0) is 82.3. The Bertz CT molecular complexity index is 9000. The van der Waals surface area contributed by atoms with Crippen LogP contribution in [-0.4, -0.2) is 38.2 Å². The van der Waals surface area contributed by atoms with Gasteiger partial charge in [0.25, 0.3) is 0 Å².